The Morgan fingerprint density at radius 2 is 2.03 bits per heavy atom. The van der Waals surface area contributed by atoms with Gasteiger partial charge in [-0.1, -0.05) is 18.2 Å². The molecule has 0 aliphatic heterocycles. The summed E-state index contributed by atoms with van der Waals surface area (Å²) in [5, 5.41) is 9.24. The fourth-order valence-electron chi connectivity index (χ4n) is 4.08. The van der Waals surface area contributed by atoms with Crippen LogP contribution in [0.2, 0.25) is 0 Å². The minimum Gasteiger partial charge on any atom is -0.247 e. The Hall–Kier alpha value is -3.12. The molecule has 0 spiro atoms. The number of benzene rings is 1. The van der Waals surface area contributed by atoms with Crippen LogP contribution >= 0.6 is 11.3 Å². The van der Waals surface area contributed by atoms with Gasteiger partial charge in [0.15, 0.2) is 5.65 Å². The van der Waals surface area contributed by atoms with Gasteiger partial charge in [-0.3, -0.25) is 0 Å². The van der Waals surface area contributed by atoms with Gasteiger partial charge in [-0.15, -0.1) is 11.3 Å². The minimum atomic E-state index is 0.451. The number of pyridine rings is 1. The monoisotopic (exact) mass is 397 g/mol. The second-order valence-electron chi connectivity index (χ2n) is 7.67. The van der Waals surface area contributed by atoms with Gasteiger partial charge in [0.25, 0.3) is 0 Å². The Morgan fingerprint density at radius 3 is 2.83 bits per heavy atom. The van der Waals surface area contributed by atoms with Crippen molar-refractivity contribution in [1.29, 1.82) is 0 Å². The summed E-state index contributed by atoms with van der Waals surface area (Å²) in [5.41, 5.74) is 6.18. The third kappa shape index (κ3) is 2.67. The van der Waals surface area contributed by atoms with Crippen molar-refractivity contribution in [3.63, 3.8) is 0 Å². The van der Waals surface area contributed by atoms with E-state index in [4.69, 9.17) is 10.1 Å². The van der Waals surface area contributed by atoms with Crippen LogP contribution in [0.5, 0.6) is 0 Å². The van der Waals surface area contributed by atoms with E-state index in [0.717, 1.165) is 33.5 Å². The number of fused-ring (bicyclic) bond motifs is 2. The molecule has 1 aliphatic rings. The number of nitrogens with zero attached hydrogens (tertiary/aromatic N) is 5. The van der Waals surface area contributed by atoms with Crippen LogP contribution in [0.3, 0.4) is 0 Å². The predicted octanol–water partition coefficient (Wildman–Crippen LogP) is 5.80. The predicted molar refractivity (Wildman–Crippen MR) is 117 cm³/mol. The molecular weight excluding hydrogens is 378 g/mol. The zero-order valence-corrected chi connectivity index (χ0v) is 16.9. The van der Waals surface area contributed by atoms with Gasteiger partial charge >= 0.3 is 0 Å². The molecule has 1 fully saturated rings. The van der Waals surface area contributed by atoms with E-state index in [-0.39, 0.29) is 0 Å². The number of rotatable bonds is 3. The molecule has 4 aromatic heterocycles. The quantitative estimate of drug-likeness (QED) is 0.386. The largest absolute Gasteiger partial charge is 0.247 e. The average molecular weight is 398 g/mol. The van der Waals surface area contributed by atoms with E-state index < -0.39 is 0 Å². The Balaban J connectivity index is 1.55. The van der Waals surface area contributed by atoms with Crippen LogP contribution in [-0.2, 0) is 0 Å². The van der Waals surface area contributed by atoms with Crippen LogP contribution in [0.4, 0.5) is 0 Å². The lowest BCUT2D eigenvalue weighted by atomic mass is 9.93. The molecule has 1 aliphatic carbocycles. The smallest absolute Gasteiger partial charge is 0.162 e. The van der Waals surface area contributed by atoms with Crippen molar-refractivity contribution in [3.05, 3.63) is 59.9 Å². The van der Waals surface area contributed by atoms with E-state index in [1.54, 1.807) is 17.7 Å². The summed E-state index contributed by atoms with van der Waals surface area (Å²) in [6, 6.07) is 13.3. The number of hydrogen-bond acceptors (Lipinski definition) is 5. The Bertz CT molecular complexity index is 1350. The van der Waals surface area contributed by atoms with Crippen molar-refractivity contribution in [2.45, 2.75) is 32.2 Å². The second-order valence-corrected chi connectivity index (χ2v) is 8.62. The number of aromatic nitrogens is 5. The van der Waals surface area contributed by atoms with Crippen molar-refractivity contribution in [2.75, 3.05) is 0 Å². The lowest BCUT2D eigenvalue weighted by molar-refractivity contribution is 0.296. The summed E-state index contributed by atoms with van der Waals surface area (Å²) in [7, 11) is 0. The van der Waals surface area contributed by atoms with Crippen LogP contribution < -0.4 is 0 Å². The first-order chi connectivity index (χ1) is 14.3. The fourth-order valence-corrected chi connectivity index (χ4v) is 4.77. The Morgan fingerprint density at radius 1 is 1.10 bits per heavy atom. The molecule has 0 saturated heterocycles. The van der Waals surface area contributed by atoms with Gasteiger partial charge in [0, 0.05) is 17.1 Å². The summed E-state index contributed by atoms with van der Waals surface area (Å²) in [4.78, 5) is 14.9. The van der Waals surface area contributed by atoms with Crippen molar-refractivity contribution < 1.29 is 0 Å². The molecule has 0 N–H and O–H groups in total. The van der Waals surface area contributed by atoms with E-state index in [1.807, 2.05) is 6.20 Å². The van der Waals surface area contributed by atoms with Crippen LogP contribution in [0.1, 0.15) is 30.9 Å². The average Bonchev–Trinajstić information content (AvgIpc) is 3.35. The van der Waals surface area contributed by atoms with Gasteiger partial charge in [-0.2, -0.15) is 5.10 Å². The zero-order valence-electron chi connectivity index (χ0n) is 16.0. The summed E-state index contributed by atoms with van der Waals surface area (Å²) >= 11 is 1.72. The molecule has 5 nitrogen and oxygen atoms in total. The number of aryl methyl sites for hydroxylation is 1. The van der Waals surface area contributed by atoms with Crippen molar-refractivity contribution in [2.24, 2.45) is 0 Å². The standard InChI is InChI=1S/C23H19N5S/c1-14-10-20(21-6-3-9-29-21)26-19-11-15(7-8-17(14)19)22-18-12-24-13-25-23(18)28(27-22)16-4-2-5-16/h3,6-13,16H,2,4-5H2,1H3. The Labute approximate surface area is 172 Å². The highest BCUT2D eigenvalue weighted by atomic mass is 32.1. The molecule has 142 valence electrons. The summed E-state index contributed by atoms with van der Waals surface area (Å²) in [5.74, 6) is 0. The molecule has 0 bridgehead atoms. The van der Waals surface area contributed by atoms with E-state index in [2.05, 4.69) is 63.4 Å². The van der Waals surface area contributed by atoms with Gasteiger partial charge in [-0.25, -0.2) is 19.6 Å². The summed E-state index contributed by atoms with van der Waals surface area (Å²) in [6.07, 6.45) is 7.09. The first kappa shape index (κ1) is 16.8. The highest BCUT2D eigenvalue weighted by Crippen LogP contribution is 2.37. The molecule has 1 aromatic carbocycles. The summed E-state index contributed by atoms with van der Waals surface area (Å²) in [6.45, 7) is 2.15. The third-order valence-corrected chi connectivity index (χ3v) is 6.75. The van der Waals surface area contributed by atoms with E-state index in [9.17, 15) is 0 Å². The molecule has 1 saturated carbocycles. The fraction of sp³-hybridized carbons (Fsp3) is 0.217. The summed E-state index contributed by atoms with van der Waals surface area (Å²) < 4.78 is 2.10. The maximum atomic E-state index is 4.97. The van der Waals surface area contributed by atoms with Gasteiger partial charge in [0.1, 0.15) is 12.0 Å². The highest BCUT2D eigenvalue weighted by Gasteiger charge is 2.25. The second kappa shape index (κ2) is 6.46. The lowest BCUT2D eigenvalue weighted by Gasteiger charge is -2.25. The molecule has 29 heavy (non-hydrogen) atoms. The van der Waals surface area contributed by atoms with Gasteiger partial charge < -0.3 is 0 Å². The molecule has 4 heterocycles. The maximum absolute atomic E-state index is 4.97. The molecular formula is C23H19N5S. The van der Waals surface area contributed by atoms with Crippen LogP contribution in [0.15, 0.2) is 54.3 Å². The normalized spacial score (nSPS) is 14.5. The molecule has 6 heteroatoms. The maximum Gasteiger partial charge on any atom is 0.162 e. The van der Waals surface area contributed by atoms with E-state index >= 15 is 0 Å². The van der Waals surface area contributed by atoms with Crippen LogP contribution in [-0.4, -0.2) is 24.7 Å². The molecule has 0 radical (unpaired) electrons. The highest BCUT2D eigenvalue weighted by molar-refractivity contribution is 7.13. The van der Waals surface area contributed by atoms with E-state index in [1.165, 1.54) is 35.1 Å². The third-order valence-electron chi connectivity index (χ3n) is 5.86. The van der Waals surface area contributed by atoms with Gasteiger partial charge in [0.05, 0.1) is 27.5 Å². The topological polar surface area (TPSA) is 56.5 Å². The van der Waals surface area contributed by atoms with Gasteiger partial charge in [-0.05, 0) is 55.3 Å². The lowest BCUT2D eigenvalue weighted by Crippen LogP contribution is -2.18. The molecule has 6 rings (SSSR count). The molecule has 0 unspecified atom stereocenters. The van der Waals surface area contributed by atoms with Crippen molar-refractivity contribution in [1.82, 2.24) is 24.7 Å². The molecule has 0 amide bonds. The van der Waals surface area contributed by atoms with Crippen molar-refractivity contribution >= 4 is 33.3 Å². The zero-order chi connectivity index (χ0) is 19.4. The Kier molecular flexibility index (Phi) is 3.74. The minimum absolute atomic E-state index is 0.451. The van der Waals surface area contributed by atoms with Crippen LogP contribution in [0.25, 0.3) is 43.8 Å². The first-order valence-corrected chi connectivity index (χ1v) is 10.8. The number of hydrogen-bond donors (Lipinski definition) is 0. The molecule has 0 atom stereocenters. The van der Waals surface area contributed by atoms with Crippen molar-refractivity contribution in [3.8, 4) is 21.8 Å². The van der Waals surface area contributed by atoms with Gasteiger partial charge in [0.2, 0.25) is 0 Å². The number of thiophene rings is 1. The molecule has 5 aromatic rings. The SMILES string of the molecule is Cc1cc(-c2cccs2)nc2cc(-c3nn(C4CCC4)c4ncncc34)ccc12. The van der Waals surface area contributed by atoms with Crippen LogP contribution in [0, 0.1) is 6.92 Å². The first-order valence-electron chi connectivity index (χ1n) is 9.92. The van der Waals surface area contributed by atoms with E-state index in [0.29, 0.717) is 6.04 Å².